The molecule has 0 bridgehead atoms. The van der Waals surface area contributed by atoms with Crippen molar-refractivity contribution in [2.24, 2.45) is 0 Å². The fourth-order valence-corrected chi connectivity index (χ4v) is 4.67. The zero-order valence-electron chi connectivity index (χ0n) is 13.8. The van der Waals surface area contributed by atoms with Gasteiger partial charge in [0.2, 0.25) is 11.0 Å². The van der Waals surface area contributed by atoms with Gasteiger partial charge < -0.3 is 5.32 Å². The van der Waals surface area contributed by atoms with Gasteiger partial charge in [0, 0.05) is 17.1 Å². The standard InChI is InChI=1S/C18H16N4OS3/c19-11-13-6-8-14(9-7-13)12-25-18-22-21-17(26-18)20-16(23)5-1-3-15-4-2-10-24-15/h2,4,6-10H,1,3,5,12H2,(H,20,21,23). The van der Waals surface area contributed by atoms with Crippen molar-refractivity contribution in [3.63, 3.8) is 0 Å². The highest BCUT2D eigenvalue weighted by atomic mass is 32.2. The van der Waals surface area contributed by atoms with Gasteiger partial charge in [-0.1, -0.05) is 41.3 Å². The van der Waals surface area contributed by atoms with Crippen molar-refractivity contribution in [1.82, 2.24) is 10.2 Å². The van der Waals surface area contributed by atoms with Crippen LogP contribution in [0.2, 0.25) is 0 Å². The third-order valence-corrected chi connectivity index (χ3v) is 6.48. The summed E-state index contributed by atoms with van der Waals surface area (Å²) in [6.07, 6.45) is 2.23. The van der Waals surface area contributed by atoms with Crippen molar-refractivity contribution in [3.05, 3.63) is 57.8 Å². The van der Waals surface area contributed by atoms with Crippen molar-refractivity contribution < 1.29 is 4.79 Å². The molecule has 3 aromatic rings. The van der Waals surface area contributed by atoms with Crippen molar-refractivity contribution >= 4 is 45.5 Å². The van der Waals surface area contributed by atoms with Crippen LogP contribution >= 0.6 is 34.4 Å². The molecule has 132 valence electrons. The highest BCUT2D eigenvalue weighted by Crippen LogP contribution is 2.28. The van der Waals surface area contributed by atoms with E-state index in [1.165, 1.54) is 16.2 Å². The molecule has 0 aliphatic heterocycles. The molecule has 0 saturated carbocycles. The van der Waals surface area contributed by atoms with E-state index < -0.39 is 0 Å². The molecule has 0 spiro atoms. The SMILES string of the molecule is N#Cc1ccc(CSc2nnc(NC(=O)CCCc3cccs3)s2)cc1. The summed E-state index contributed by atoms with van der Waals surface area (Å²) in [5.74, 6) is 0.719. The van der Waals surface area contributed by atoms with E-state index in [0.29, 0.717) is 17.1 Å². The number of anilines is 1. The number of amides is 1. The van der Waals surface area contributed by atoms with Crippen LogP contribution in [0.15, 0.2) is 46.1 Å². The molecule has 8 heteroatoms. The Bertz CT molecular complexity index is 882. The van der Waals surface area contributed by atoms with E-state index in [1.807, 2.05) is 23.6 Å². The summed E-state index contributed by atoms with van der Waals surface area (Å²) in [4.78, 5) is 13.3. The molecule has 26 heavy (non-hydrogen) atoms. The molecular formula is C18H16N4OS3. The number of benzene rings is 1. The predicted octanol–water partition coefficient (Wildman–Crippen LogP) is 4.72. The number of thiophene rings is 1. The number of nitriles is 1. The second kappa shape index (κ2) is 9.48. The average Bonchev–Trinajstić information content (AvgIpc) is 3.32. The minimum Gasteiger partial charge on any atom is -0.301 e. The van der Waals surface area contributed by atoms with E-state index in [-0.39, 0.29) is 5.91 Å². The largest absolute Gasteiger partial charge is 0.301 e. The number of aryl methyl sites for hydroxylation is 1. The van der Waals surface area contributed by atoms with E-state index in [2.05, 4.69) is 27.6 Å². The van der Waals surface area contributed by atoms with Crippen molar-refractivity contribution in [2.75, 3.05) is 5.32 Å². The van der Waals surface area contributed by atoms with E-state index in [0.717, 1.165) is 28.5 Å². The van der Waals surface area contributed by atoms with Crippen molar-refractivity contribution in [1.29, 1.82) is 5.26 Å². The van der Waals surface area contributed by atoms with Crippen LogP contribution in [0.5, 0.6) is 0 Å². The lowest BCUT2D eigenvalue weighted by Gasteiger charge is -2.00. The first-order valence-electron chi connectivity index (χ1n) is 8.00. The maximum Gasteiger partial charge on any atom is 0.226 e. The normalized spacial score (nSPS) is 10.4. The Labute approximate surface area is 164 Å². The summed E-state index contributed by atoms with van der Waals surface area (Å²) >= 11 is 4.66. The number of nitrogens with one attached hydrogen (secondary N) is 1. The van der Waals surface area contributed by atoms with Gasteiger partial charge in [-0.15, -0.1) is 21.5 Å². The number of hydrogen-bond acceptors (Lipinski definition) is 7. The van der Waals surface area contributed by atoms with Crippen LogP contribution in [0.4, 0.5) is 5.13 Å². The van der Waals surface area contributed by atoms with Gasteiger partial charge >= 0.3 is 0 Å². The van der Waals surface area contributed by atoms with Gasteiger partial charge in [-0.25, -0.2) is 0 Å². The molecule has 0 radical (unpaired) electrons. The number of aromatic nitrogens is 2. The molecule has 0 atom stereocenters. The van der Waals surface area contributed by atoms with E-state index in [9.17, 15) is 4.79 Å². The van der Waals surface area contributed by atoms with Crippen LogP contribution in [-0.4, -0.2) is 16.1 Å². The molecule has 0 fully saturated rings. The third-order valence-electron chi connectivity index (χ3n) is 3.51. The quantitative estimate of drug-likeness (QED) is 0.437. The molecule has 0 aliphatic rings. The maximum atomic E-state index is 12.0. The van der Waals surface area contributed by atoms with Gasteiger partial charge in [0.1, 0.15) is 0 Å². The first-order chi connectivity index (χ1) is 12.7. The molecule has 0 unspecified atom stereocenters. The molecule has 0 saturated heterocycles. The Morgan fingerprint density at radius 1 is 1.23 bits per heavy atom. The highest BCUT2D eigenvalue weighted by Gasteiger charge is 2.09. The molecule has 2 aromatic heterocycles. The molecule has 1 amide bonds. The van der Waals surface area contributed by atoms with Gasteiger partial charge in [-0.3, -0.25) is 4.79 Å². The molecule has 1 aromatic carbocycles. The first-order valence-corrected chi connectivity index (χ1v) is 10.7. The maximum absolute atomic E-state index is 12.0. The van der Waals surface area contributed by atoms with Crippen LogP contribution in [-0.2, 0) is 17.0 Å². The second-order valence-corrected chi connectivity index (χ2v) is 8.68. The first kappa shape index (κ1) is 18.6. The number of carbonyl (C=O) groups excluding carboxylic acids is 1. The minimum absolute atomic E-state index is 0.0265. The van der Waals surface area contributed by atoms with Gasteiger partial charge in [0.15, 0.2) is 4.34 Å². The topological polar surface area (TPSA) is 78.7 Å². The van der Waals surface area contributed by atoms with E-state index in [1.54, 1.807) is 35.2 Å². The van der Waals surface area contributed by atoms with Gasteiger partial charge in [-0.05, 0) is 42.0 Å². The Balaban J connectivity index is 1.42. The summed E-state index contributed by atoms with van der Waals surface area (Å²) in [5, 5.41) is 22.3. The summed E-state index contributed by atoms with van der Waals surface area (Å²) in [7, 11) is 0. The van der Waals surface area contributed by atoms with Crippen LogP contribution < -0.4 is 5.32 Å². The summed E-state index contributed by atoms with van der Waals surface area (Å²) < 4.78 is 0.809. The molecule has 5 nitrogen and oxygen atoms in total. The summed E-state index contributed by atoms with van der Waals surface area (Å²) in [6, 6.07) is 13.7. The number of carbonyl (C=O) groups is 1. The van der Waals surface area contributed by atoms with Gasteiger partial charge in [0.05, 0.1) is 11.6 Å². The summed E-state index contributed by atoms with van der Waals surface area (Å²) in [6.45, 7) is 0. The monoisotopic (exact) mass is 400 g/mol. The predicted molar refractivity (Wildman–Crippen MR) is 107 cm³/mol. The smallest absolute Gasteiger partial charge is 0.226 e. The number of rotatable bonds is 8. The Hall–Kier alpha value is -2.21. The zero-order valence-corrected chi connectivity index (χ0v) is 16.3. The van der Waals surface area contributed by atoms with Gasteiger partial charge in [0.25, 0.3) is 0 Å². The fourth-order valence-electron chi connectivity index (χ4n) is 2.20. The summed E-state index contributed by atoms with van der Waals surface area (Å²) in [5.41, 5.74) is 1.77. The molecule has 3 rings (SSSR count). The minimum atomic E-state index is -0.0265. The lowest BCUT2D eigenvalue weighted by molar-refractivity contribution is -0.116. The van der Waals surface area contributed by atoms with Gasteiger partial charge in [-0.2, -0.15) is 5.26 Å². The lowest BCUT2D eigenvalue weighted by Crippen LogP contribution is -2.11. The Morgan fingerprint density at radius 2 is 2.08 bits per heavy atom. The van der Waals surface area contributed by atoms with E-state index >= 15 is 0 Å². The van der Waals surface area contributed by atoms with Crippen LogP contribution in [0.1, 0.15) is 28.8 Å². The fraction of sp³-hybridized carbons (Fsp3) is 0.222. The molecule has 2 heterocycles. The lowest BCUT2D eigenvalue weighted by atomic mass is 10.2. The number of hydrogen-bond donors (Lipinski definition) is 1. The van der Waals surface area contributed by atoms with Crippen molar-refractivity contribution in [2.45, 2.75) is 29.4 Å². The molecule has 0 aliphatic carbocycles. The molecule has 1 N–H and O–H groups in total. The van der Waals surface area contributed by atoms with Crippen LogP contribution in [0.3, 0.4) is 0 Å². The highest BCUT2D eigenvalue weighted by molar-refractivity contribution is 8.00. The Morgan fingerprint density at radius 3 is 2.81 bits per heavy atom. The Kier molecular flexibility index (Phi) is 6.77. The second-order valence-electron chi connectivity index (χ2n) is 5.45. The van der Waals surface area contributed by atoms with Crippen molar-refractivity contribution in [3.8, 4) is 6.07 Å². The average molecular weight is 401 g/mol. The number of nitrogens with zero attached hydrogens (tertiary/aromatic N) is 3. The number of thioether (sulfide) groups is 1. The van der Waals surface area contributed by atoms with E-state index in [4.69, 9.17) is 5.26 Å². The zero-order chi connectivity index (χ0) is 18.2. The van der Waals surface area contributed by atoms with Crippen LogP contribution in [0.25, 0.3) is 0 Å². The third kappa shape index (κ3) is 5.66. The van der Waals surface area contributed by atoms with Crippen LogP contribution in [0, 0.1) is 11.3 Å². The molecular weight excluding hydrogens is 384 g/mol.